The van der Waals surface area contributed by atoms with Gasteiger partial charge < -0.3 is 5.32 Å². The quantitative estimate of drug-likeness (QED) is 0.413. The molecule has 4 aromatic rings. The average Bonchev–Trinajstić information content (AvgIpc) is 2.87. The minimum Gasteiger partial charge on any atom is -0.309 e. The van der Waals surface area contributed by atoms with Crippen LogP contribution in [-0.2, 0) is 36.9 Å². The summed E-state index contributed by atoms with van der Waals surface area (Å²) in [4.78, 5) is 22.8. The Morgan fingerprint density at radius 3 is 2.15 bits per heavy atom. The van der Waals surface area contributed by atoms with Gasteiger partial charge >= 0.3 is 0 Å². The molecule has 0 aliphatic heterocycles. The molecule has 0 bridgehead atoms. The summed E-state index contributed by atoms with van der Waals surface area (Å²) in [7, 11) is 0. The van der Waals surface area contributed by atoms with Gasteiger partial charge in [0.25, 0.3) is 0 Å². The van der Waals surface area contributed by atoms with Gasteiger partial charge in [0, 0.05) is 12.0 Å². The van der Waals surface area contributed by atoms with Gasteiger partial charge in [-0.3, -0.25) is 4.79 Å². The van der Waals surface area contributed by atoms with Crippen molar-refractivity contribution >= 4 is 11.7 Å². The van der Waals surface area contributed by atoms with Crippen molar-refractivity contribution in [1.29, 1.82) is 0 Å². The summed E-state index contributed by atoms with van der Waals surface area (Å²) in [5, 5.41) is 3.08. The average molecular weight is 434 g/mol. The number of fused-ring (bicyclic) bond motifs is 3. The molecule has 0 fully saturated rings. The third-order valence-corrected chi connectivity index (χ3v) is 6.18. The lowest BCUT2D eigenvalue weighted by Crippen LogP contribution is -2.19. The van der Waals surface area contributed by atoms with Crippen LogP contribution in [0, 0.1) is 0 Å². The molecule has 3 aromatic carbocycles. The molecule has 0 radical (unpaired) electrons. The highest BCUT2D eigenvalue weighted by Crippen LogP contribution is 2.32. The summed E-state index contributed by atoms with van der Waals surface area (Å²) in [6, 6.07) is 28.9. The number of hydrogen-bond donors (Lipinski definition) is 1. The van der Waals surface area contributed by atoms with Gasteiger partial charge in [-0.25, -0.2) is 9.97 Å². The first-order valence-electron chi connectivity index (χ1n) is 11.6. The van der Waals surface area contributed by atoms with Gasteiger partial charge in [0.2, 0.25) is 5.91 Å². The molecule has 0 saturated carbocycles. The van der Waals surface area contributed by atoms with Crippen LogP contribution in [0.25, 0.3) is 11.3 Å². The molecule has 1 amide bonds. The number of anilines is 1. The van der Waals surface area contributed by atoms with Crippen LogP contribution in [0.15, 0.2) is 84.9 Å². The number of carbonyl (C=O) groups is 1. The summed E-state index contributed by atoms with van der Waals surface area (Å²) in [6.07, 6.45) is 4.49. The fraction of sp³-hybridized carbons (Fsp3) is 0.207. The topological polar surface area (TPSA) is 54.9 Å². The second-order valence-electron chi connectivity index (χ2n) is 8.49. The van der Waals surface area contributed by atoms with Crippen molar-refractivity contribution in [2.45, 2.75) is 38.5 Å². The van der Waals surface area contributed by atoms with Crippen molar-refractivity contribution in [3.63, 3.8) is 0 Å². The van der Waals surface area contributed by atoms with Crippen LogP contribution < -0.4 is 5.32 Å². The van der Waals surface area contributed by atoms with E-state index in [1.807, 2.05) is 24.3 Å². The van der Waals surface area contributed by atoms with E-state index in [9.17, 15) is 4.79 Å². The highest BCUT2D eigenvalue weighted by Gasteiger charge is 2.22. The number of hydrogen-bond acceptors (Lipinski definition) is 3. The molecular weight excluding hydrogens is 406 g/mol. The first kappa shape index (κ1) is 21.1. The van der Waals surface area contributed by atoms with Crippen LogP contribution in [0.2, 0.25) is 0 Å². The lowest BCUT2D eigenvalue weighted by molar-refractivity contribution is -0.116. The van der Waals surface area contributed by atoms with Crippen molar-refractivity contribution in [3.8, 4) is 11.3 Å². The molecule has 5 rings (SSSR count). The van der Waals surface area contributed by atoms with E-state index >= 15 is 0 Å². The molecule has 0 spiro atoms. The Bertz CT molecular complexity index is 1250. The number of amides is 1. The first-order valence-corrected chi connectivity index (χ1v) is 11.6. The number of nitrogens with one attached hydrogen (secondary N) is 1. The summed E-state index contributed by atoms with van der Waals surface area (Å²) >= 11 is 0. The van der Waals surface area contributed by atoms with E-state index in [-0.39, 0.29) is 5.91 Å². The normalized spacial score (nSPS) is 12.0. The third-order valence-electron chi connectivity index (χ3n) is 6.18. The molecule has 0 atom stereocenters. The summed E-state index contributed by atoms with van der Waals surface area (Å²) in [6.45, 7) is 0. The van der Waals surface area contributed by atoms with Crippen molar-refractivity contribution in [1.82, 2.24) is 9.97 Å². The molecule has 4 nitrogen and oxygen atoms in total. The van der Waals surface area contributed by atoms with Crippen LogP contribution >= 0.6 is 0 Å². The number of aromatic nitrogens is 2. The van der Waals surface area contributed by atoms with Gasteiger partial charge in [-0.1, -0.05) is 84.9 Å². The predicted molar refractivity (Wildman–Crippen MR) is 132 cm³/mol. The highest BCUT2D eigenvalue weighted by molar-refractivity contribution is 5.90. The second kappa shape index (κ2) is 9.78. The van der Waals surface area contributed by atoms with Crippen molar-refractivity contribution in [2.24, 2.45) is 0 Å². The zero-order chi connectivity index (χ0) is 22.5. The maximum atomic E-state index is 12.8. The summed E-state index contributed by atoms with van der Waals surface area (Å²) in [5.74, 6) is 0.590. The lowest BCUT2D eigenvalue weighted by Gasteiger charge is -2.21. The molecule has 1 aromatic heterocycles. The fourth-order valence-corrected chi connectivity index (χ4v) is 4.40. The Morgan fingerprint density at radius 1 is 0.727 bits per heavy atom. The Kier molecular flexibility index (Phi) is 6.25. The van der Waals surface area contributed by atoms with Crippen molar-refractivity contribution < 1.29 is 4.79 Å². The van der Waals surface area contributed by atoms with Crippen LogP contribution in [0.3, 0.4) is 0 Å². The first-order chi connectivity index (χ1) is 16.3. The zero-order valence-electron chi connectivity index (χ0n) is 18.6. The van der Waals surface area contributed by atoms with E-state index in [2.05, 4.69) is 66.0 Å². The molecule has 0 unspecified atom stereocenters. The summed E-state index contributed by atoms with van der Waals surface area (Å²) in [5.41, 5.74) is 7.66. The zero-order valence-corrected chi connectivity index (χ0v) is 18.6. The van der Waals surface area contributed by atoms with E-state index in [4.69, 9.17) is 9.97 Å². The Hall–Kier alpha value is -3.79. The third kappa shape index (κ3) is 5.01. The minimum absolute atomic E-state index is 0.0229. The highest BCUT2D eigenvalue weighted by atomic mass is 16.1. The molecule has 4 heteroatoms. The van der Waals surface area contributed by atoms with E-state index < -0.39 is 0 Å². The SMILES string of the molecule is O=C(CCc1ccccc1)Nc1nc2c(nc1CCc1ccccc1)-c1ccccc1CC2. The standard InChI is InChI=1S/C29H27N3O/c33-27(20-16-22-11-5-2-6-12-22)32-29-26(18-15-21-9-3-1-4-10-21)30-28-24-14-8-7-13-23(24)17-19-25(28)31-29/h1-14H,15-20H2,(H,31,32,33). The molecule has 1 aliphatic carbocycles. The molecule has 1 N–H and O–H groups in total. The largest absolute Gasteiger partial charge is 0.309 e. The van der Waals surface area contributed by atoms with Gasteiger partial charge in [-0.15, -0.1) is 0 Å². The smallest absolute Gasteiger partial charge is 0.225 e. The van der Waals surface area contributed by atoms with Gasteiger partial charge in [0.1, 0.15) is 0 Å². The molecule has 33 heavy (non-hydrogen) atoms. The Balaban J connectivity index is 1.41. The number of rotatable bonds is 7. The molecule has 0 saturated heterocycles. The fourth-order valence-electron chi connectivity index (χ4n) is 4.40. The summed E-state index contributed by atoms with van der Waals surface area (Å²) < 4.78 is 0. The van der Waals surface area contributed by atoms with Crippen LogP contribution in [-0.4, -0.2) is 15.9 Å². The van der Waals surface area contributed by atoms with E-state index in [0.29, 0.717) is 18.7 Å². The van der Waals surface area contributed by atoms with Crippen LogP contribution in [0.4, 0.5) is 5.82 Å². The number of benzene rings is 3. The maximum Gasteiger partial charge on any atom is 0.225 e. The van der Waals surface area contributed by atoms with Gasteiger partial charge in [-0.2, -0.15) is 0 Å². The monoisotopic (exact) mass is 433 g/mol. The maximum absolute atomic E-state index is 12.8. The van der Waals surface area contributed by atoms with Crippen molar-refractivity contribution in [3.05, 3.63) is 113 Å². The van der Waals surface area contributed by atoms with E-state index in [1.165, 1.54) is 11.1 Å². The molecule has 1 heterocycles. The lowest BCUT2D eigenvalue weighted by atomic mass is 9.91. The number of nitrogens with zero attached hydrogens (tertiary/aromatic N) is 2. The van der Waals surface area contributed by atoms with Crippen LogP contribution in [0.1, 0.15) is 34.5 Å². The predicted octanol–water partition coefficient (Wildman–Crippen LogP) is 5.60. The van der Waals surface area contributed by atoms with Crippen molar-refractivity contribution in [2.75, 3.05) is 5.32 Å². The van der Waals surface area contributed by atoms with Gasteiger partial charge in [0.15, 0.2) is 5.82 Å². The van der Waals surface area contributed by atoms with Crippen LogP contribution in [0.5, 0.6) is 0 Å². The van der Waals surface area contributed by atoms with E-state index in [1.54, 1.807) is 0 Å². The van der Waals surface area contributed by atoms with Gasteiger partial charge in [-0.05, 0) is 48.8 Å². The molecule has 164 valence electrons. The molecular formula is C29H27N3O. The minimum atomic E-state index is -0.0229. The molecule has 1 aliphatic rings. The Labute approximate surface area is 194 Å². The van der Waals surface area contributed by atoms with Gasteiger partial charge in [0.05, 0.1) is 17.1 Å². The number of aryl methyl sites for hydroxylation is 5. The number of carbonyl (C=O) groups excluding carboxylic acids is 1. The second-order valence-corrected chi connectivity index (χ2v) is 8.49. The Morgan fingerprint density at radius 2 is 1.39 bits per heavy atom. The van der Waals surface area contributed by atoms with E-state index in [0.717, 1.165) is 53.9 Å².